The molecule has 0 saturated carbocycles. The molecule has 0 unspecified atom stereocenters. The lowest BCUT2D eigenvalue weighted by atomic mass is 10.1. The van der Waals surface area contributed by atoms with Crippen molar-refractivity contribution < 1.29 is 26.0 Å². The van der Waals surface area contributed by atoms with Gasteiger partial charge in [0.25, 0.3) is 10.0 Å². The number of rotatable bonds is 4. The van der Waals surface area contributed by atoms with E-state index in [1.165, 1.54) is 24.3 Å². The zero-order chi connectivity index (χ0) is 23.1. The number of anilines is 1. The molecule has 0 bridgehead atoms. The van der Waals surface area contributed by atoms with Crippen molar-refractivity contribution in [1.82, 2.24) is 9.78 Å². The van der Waals surface area contributed by atoms with E-state index in [4.69, 9.17) is 23.2 Å². The summed E-state index contributed by atoms with van der Waals surface area (Å²) in [5.74, 6) is -1.14. The predicted molar refractivity (Wildman–Crippen MR) is 107 cm³/mol. The second kappa shape index (κ2) is 8.13. The van der Waals surface area contributed by atoms with Crippen molar-refractivity contribution in [3.8, 4) is 11.3 Å². The van der Waals surface area contributed by atoms with E-state index in [1.807, 2.05) is 0 Å². The third-order valence-electron chi connectivity index (χ3n) is 4.03. The Morgan fingerprint density at radius 2 is 1.77 bits per heavy atom. The molecule has 0 amide bonds. The molecule has 2 aromatic carbocycles. The number of aromatic nitrogens is 2. The van der Waals surface area contributed by atoms with Gasteiger partial charge >= 0.3 is 6.18 Å². The van der Waals surface area contributed by atoms with Crippen LogP contribution in [0.15, 0.2) is 52.2 Å². The number of halogens is 6. The molecular weight excluding hydrogens is 485 g/mol. The molecule has 0 fully saturated rings. The van der Waals surface area contributed by atoms with Gasteiger partial charge in [-0.05, 0) is 30.3 Å². The van der Waals surface area contributed by atoms with E-state index in [0.29, 0.717) is 10.7 Å². The highest BCUT2D eigenvalue weighted by molar-refractivity contribution is 7.92. The van der Waals surface area contributed by atoms with Crippen LogP contribution in [0.1, 0.15) is 5.69 Å². The summed E-state index contributed by atoms with van der Waals surface area (Å²) in [7, 11) is -3.47. The van der Waals surface area contributed by atoms with Gasteiger partial charge in [-0.15, -0.1) is 0 Å². The van der Waals surface area contributed by atoms with Gasteiger partial charge in [-0.3, -0.25) is 14.2 Å². The topological polar surface area (TPSA) is 81.1 Å². The summed E-state index contributed by atoms with van der Waals surface area (Å²) < 4.78 is 81.4. The van der Waals surface area contributed by atoms with E-state index in [1.54, 1.807) is 0 Å². The number of nitrogens with one attached hydrogen (secondary N) is 1. The summed E-state index contributed by atoms with van der Waals surface area (Å²) in [6.07, 6.45) is -4.87. The van der Waals surface area contributed by atoms with Crippen LogP contribution in [0, 0.1) is 5.82 Å². The van der Waals surface area contributed by atoms with Gasteiger partial charge < -0.3 is 0 Å². The Bertz CT molecular complexity index is 1340. The molecule has 6 nitrogen and oxygen atoms in total. The quantitative estimate of drug-likeness (QED) is 0.531. The Balaban J connectivity index is 2.14. The van der Waals surface area contributed by atoms with Crippen LogP contribution in [-0.2, 0) is 23.2 Å². The second-order valence-electron chi connectivity index (χ2n) is 6.24. The van der Waals surface area contributed by atoms with Gasteiger partial charge in [0.2, 0.25) is 5.43 Å². The van der Waals surface area contributed by atoms with Gasteiger partial charge in [0, 0.05) is 23.7 Å². The molecule has 0 radical (unpaired) electrons. The average molecular weight is 496 g/mol. The van der Waals surface area contributed by atoms with Crippen molar-refractivity contribution in [2.24, 2.45) is 7.05 Å². The van der Waals surface area contributed by atoms with Crippen molar-refractivity contribution in [3.63, 3.8) is 0 Å². The second-order valence-corrected chi connectivity index (χ2v) is 8.74. The van der Waals surface area contributed by atoms with Crippen molar-refractivity contribution in [3.05, 3.63) is 74.2 Å². The standard InChI is InChI=1S/C18H11Cl2F4N3O3S/c1-27-16(18(22,23)24)8-14(28)17(25-27)11-6-15(12(20)7-13(11)21)31(29,30)26-10-4-2-3-9(19)5-10/h2-8,26H,1H3. The smallest absolute Gasteiger partial charge is 0.287 e. The van der Waals surface area contributed by atoms with Crippen LogP contribution < -0.4 is 10.2 Å². The molecule has 0 aliphatic carbocycles. The maximum absolute atomic E-state index is 14.5. The normalized spacial score (nSPS) is 12.1. The first-order valence-corrected chi connectivity index (χ1v) is 10.5. The van der Waals surface area contributed by atoms with Gasteiger partial charge in [0.1, 0.15) is 22.1 Å². The van der Waals surface area contributed by atoms with Crippen LogP contribution in [0.5, 0.6) is 0 Å². The Morgan fingerprint density at radius 3 is 2.39 bits per heavy atom. The molecule has 1 heterocycles. The minimum atomic E-state index is -4.87. The SMILES string of the molecule is Cn1nc(-c2cc(S(=O)(=O)Nc3cccc(Cl)c3)c(Cl)cc2F)c(=O)cc1C(F)(F)F. The van der Waals surface area contributed by atoms with E-state index in [-0.39, 0.29) is 16.8 Å². The minimum absolute atomic E-state index is 0.0815. The zero-order valence-corrected chi connectivity index (χ0v) is 17.7. The Labute approximate surface area is 183 Å². The van der Waals surface area contributed by atoms with E-state index in [0.717, 1.165) is 13.1 Å². The molecule has 31 heavy (non-hydrogen) atoms. The van der Waals surface area contributed by atoms with Crippen LogP contribution >= 0.6 is 23.2 Å². The number of hydrogen-bond acceptors (Lipinski definition) is 4. The van der Waals surface area contributed by atoms with Gasteiger partial charge in [0.05, 0.1) is 10.7 Å². The molecule has 3 rings (SSSR count). The Kier molecular flexibility index (Phi) is 6.05. The number of aryl methyl sites for hydroxylation is 1. The van der Waals surface area contributed by atoms with Crippen LogP contribution in [0.3, 0.4) is 0 Å². The zero-order valence-electron chi connectivity index (χ0n) is 15.3. The van der Waals surface area contributed by atoms with E-state index in [9.17, 15) is 30.8 Å². The minimum Gasteiger partial charge on any atom is -0.287 e. The van der Waals surface area contributed by atoms with Crippen LogP contribution in [0.25, 0.3) is 11.3 Å². The summed E-state index contributed by atoms with van der Waals surface area (Å²) >= 11 is 11.7. The molecule has 1 aromatic heterocycles. The third kappa shape index (κ3) is 4.83. The lowest BCUT2D eigenvalue weighted by Crippen LogP contribution is -2.23. The predicted octanol–water partition coefficient (Wildman–Crippen LogP) is 4.71. The summed E-state index contributed by atoms with van der Waals surface area (Å²) in [5, 5.41) is 3.21. The molecule has 1 N–H and O–H groups in total. The molecule has 164 valence electrons. The van der Waals surface area contributed by atoms with Crippen molar-refractivity contribution >= 4 is 38.9 Å². The molecular formula is C18H11Cl2F4N3O3S. The lowest BCUT2D eigenvalue weighted by molar-refractivity contribution is -0.144. The first kappa shape index (κ1) is 23.0. The van der Waals surface area contributed by atoms with Gasteiger partial charge in [0.15, 0.2) is 0 Å². The fourth-order valence-electron chi connectivity index (χ4n) is 2.67. The van der Waals surface area contributed by atoms with Crippen molar-refractivity contribution in [2.45, 2.75) is 11.1 Å². The highest BCUT2D eigenvalue weighted by Crippen LogP contribution is 2.32. The molecule has 0 aliphatic rings. The summed E-state index contributed by atoms with van der Waals surface area (Å²) in [6, 6.07) is 7.29. The molecule has 0 spiro atoms. The summed E-state index contributed by atoms with van der Waals surface area (Å²) in [6.45, 7) is 0. The molecule has 0 atom stereocenters. The number of sulfonamides is 1. The lowest BCUT2D eigenvalue weighted by Gasteiger charge is -2.14. The molecule has 3 aromatic rings. The third-order valence-corrected chi connectivity index (χ3v) is 6.11. The summed E-state index contributed by atoms with van der Waals surface area (Å²) in [5.41, 5.74) is -3.88. The van der Waals surface area contributed by atoms with Crippen LogP contribution in [0.4, 0.5) is 23.2 Å². The van der Waals surface area contributed by atoms with Crippen molar-refractivity contribution in [1.29, 1.82) is 0 Å². The van der Waals surface area contributed by atoms with Crippen LogP contribution in [-0.4, -0.2) is 18.2 Å². The maximum Gasteiger partial charge on any atom is 0.433 e. The van der Waals surface area contributed by atoms with Gasteiger partial charge in [-0.25, -0.2) is 12.8 Å². The van der Waals surface area contributed by atoms with Gasteiger partial charge in [-0.1, -0.05) is 29.3 Å². The summed E-state index contributed by atoms with van der Waals surface area (Å²) in [4.78, 5) is 11.6. The molecule has 0 saturated heterocycles. The highest BCUT2D eigenvalue weighted by atomic mass is 35.5. The Morgan fingerprint density at radius 1 is 1.10 bits per heavy atom. The highest BCUT2D eigenvalue weighted by Gasteiger charge is 2.35. The monoisotopic (exact) mass is 495 g/mol. The number of alkyl halides is 3. The van der Waals surface area contributed by atoms with E-state index >= 15 is 0 Å². The van der Waals surface area contributed by atoms with Crippen LogP contribution in [0.2, 0.25) is 10.0 Å². The van der Waals surface area contributed by atoms with E-state index in [2.05, 4.69) is 9.82 Å². The van der Waals surface area contributed by atoms with Gasteiger partial charge in [-0.2, -0.15) is 18.3 Å². The largest absolute Gasteiger partial charge is 0.433 e. The number of benzene rings is 2. The first-order chi connectivity index (χ1) is 14.3. The van der Waals surface area contributed by atoms with Crippen molar-refractivity contribution in [2.75, 3.05) is 4.72 Å². The molecule has 13 heteroatoms. The fraction of sp³-hybridized carbons (Fsp3) is 0.111. The molecule has 0 aliphatic heterocycles. The average Bonchev–Trinajstić information content (AvgIpc) is 2.62. The maximum atomic E-state index is 14.5. The number of hydrogen-bond donors (Lipinski definition) is 1. The number of nitrogens with zero attached hydrogens (tertiary/aromatic N) is 2. The first-order valence-electron chi connectivity index (χ1n) is 8.23. The van der Waals surface area contributed by atoms with E-state index < -0.39 is 54.3 Å². The Hall–Kier alpha value is -2.63. The fourth-order valence-corrected chi connectivity index (χ4v) is 4.45.